The lowest BCUT2D eigenvalue weighted by Gasteiger charge is -2.20. The average Bonchev–Trinajstić information content (AvgIpc) is 2.34. The normalized spacial score (nSPS) is 12.3. The molecule has 0 unspecified atom stereocenters. The summed E-state index contributed by atoms with van der Waals surface area (Å²) in [5.41, 5.74) is 0. The number of rotatable bonds is 6. The van der Waals surface area contributed by atoms with Gasteiger partial charge in [0.2, 0.25) is 0 Å². The molecule has 0 aliphatic heterocycles. The third kappa shape index (κ3) is 5.50. The standard InChI is InChI=1S/C13H17Br2NO3/c1-8(2)11(6-17)16-13(18)7-19-12-4-3-9(14)5-10(12)15/h3-5,8,11,17H,6-7H2,1-2H3,(H,16,18)/t11-/m1/s1. The van der Waals surface area contributed by atoms with Gasteiger partial charge in [0, 0.05) is 4.47 Å². The van der Waals surface area contributed by atoms with Gasteiger partial charge < -0.3 is 15.2 Å². The average molecular weight is 395 g/mol. The highest BCUT2D eigenvalue weighted by atomic mass is 79.9. The first-order chi connectivity index (χ1) is 8.93. The number of aliphatic hydroxyl groups is 1. The van der Waals surface area contributed by atoms with Gasteiger partial charge in [-0.1, -0.05) is 29.8 Å². The van der Waals surface area contributed by atoms with Crippen LogP contribution >= 0.6 is 31.9 Å². The van der Waals surface area contributed by atoms with Crippen molar-refractivity contribution >= 4 is 37.8 Å². The summed E-state index contributed by atoms with van der Waals surface area (Å²) < 4.78 is 7.12. The van der Waals surface area contributed by atoms with E-state index >= 15 is 0 Å². The van der Waals surface area contributed by atoms with E-state index in [2.05, 4.69) is 37.2 Å². The van der Waals surface area contributed by atoms with E-state index < -0.39 is 0 Å². The van der Waals surface area contributed by atoms with Crippen LogP contribution in [0.15, 0.2) is 27.1 Å². The Morgan fingerprint density at radius 2 is 2.11 bits per heavy atom. The summed E-state index contributed by atoms with van der Waals surface area (Å²) in [7, 11) is 0. The first-order valence-corrected chi connectivity index (χ1v) is 7.50. The molecule has 0 radical (unpaired) electrons. The molecule has 0 aromatic heterocycles. The highest BCUT2D eigenvalue weighted by Gasteiger charge is 2.15. The lowest BCUT2D eigenvalue weighted by Crippen LogP contribution is -2.43. The number of aliphatic hydroxyl groups excluding tert-OH is 1. The Kier molecular flexibility index (Phi) is 6.82. The first-order valence-electron chi connectivity index (χ1n) is 5.92. The van der Waals surface area contributed by atoms with Crippen LogP contribution in [0.25, 0.3) is 0 Å². The lowest BCUT2D eigenvalue weighted by molar-refractivity contribution is -0.124. The Bertz CT molecular complexity index is 438. The van der Waals surface area contributed by atoms with E-state index in [1.807, 2.05) is 26.0 Å². The molecule has 0 bridgehead atoms. The zero-order chi connectivity index (χ0) is 14.4. The van der Waals surface area contributed by atoms with Crippen molar-refractivity contribution < 1.29 is 14.6 Å². The number of amides is 1. The van der Waals surface area contributed by atoms with Crippen LogP contribution in [0, 0.1) is 5.92 Å². The Labute approximate surface area is 129 Å². The van der Waals surface area contributed by atoms with Crippen molar-refractivity contribution in [1.29, 1.82) is 0 Å². The maximum atomic E-state index is 11.7. The fraction of sp³-hybridized carbons (Fsp3) is 0.462. The fourth-order valence-corrected chi connectivity index (χ4v) is 2.57. The van der Waals surface area contributed by atoms with Crippen LogP contribution in [-0.4, -0.2) is 30.3 Å². The Hall–Kier alpha value is -0.590. The quantitative estimate of drug-likeness (QED) is 0.779. The van der Waals surface area contributed by atoms with Gasteiger partial charge in [-0.05, 0) is 40.0 Å². The minimum atomic E-state index is -0.248. The van der Waals surface area contributed by atoms with E-state index in [0.717, 1.165) is 8.95 Å². The van der Waals surface area contributed by atoms with Gasteiger partial charge in [0.05, 0.1) is 17.1 Å². The molecular formula is C13H17Br2NO3. The monoisotopic (exact) mass is 393 g/mol. The minimum Gasteiger partial charge on any atom is -0.483 e. The summed E-state index contributed by atoms with van der Waals surface area (Å²) in [5.74, 6) is 0.527. The number of hydrogen-bond donors (Lipinski definition) is 2. The first kappa shape index (κ1) is 16.5. The van der Waals surface area contributed by atoms with Crippen LogP contribution in [0.2, 0.25) is 0 Å². The predicted octanol–water partition coefficient (Wildman–Crippen LogP) is 2.72. The molecule has 0 aliphatic carbocycles. The van der Waals surface area contributed by atoms with E-state index in [0.29, 0.717) is 5.75 Å². The van der Waals surface area contributed by atoms with Gasteiger partial charge in [-0.15, -0.1) is 0 Å². The topological polar surface area (TPSA) is 58.6 Å². The van der Waals surface area contributed by atoms with E-state index in [4.69, 9.17) is 9.84 Å². The fourth-order valence-electron chi connectivity index (χ4n) is 1.41. The van der Waals surface area contributed by atoms with Gasteiger partial charge in [0.1, 0.15) is 5.75 Å². The number of halogens is 2. The van der Waals surface area contributed by atoms with Gasteiger partial charge in [-0.25, -0.2) is 0 Å². The number of carbonyl (C=O) groups is 1. The molecule has 0 saturated heterocycles. The molecule has 106 valence electrons. The van der Waals surface area contributed by atoms with Crippen LogP contribution in [0.1, 0.15) is 13.8 Å². The van der Waals surface area contributed by atoms with Gasteiger partial charge in [0.25, 0.3) is 5.91 Å². The van der Waals surface area contributed by atoms with E-state index in [9.17, 15) is 4.79 Å². The predicted molar refractivity (Wildman–Crippen MR) is 81.2 cm³/mol. The summed E-state index contributed by atoms with van der Waals surface area (Å²) in [6.45, 7) is 3.72. The Morgan fingerprint density at radius 3 is 2.63 bits per heavy atom. The summed E-state index contributed by atoms with van der Waals surface area (Å²) in [5, 5.41) is 11.9. The van der Waals surface area contributed by atoms with Crippen LogP contribution < -0.4 is 10.1 Å². The molecule has 0 saturated carbocycles. The van der Waals surface area contributed by atoms with Crippen molar-refractivity contribution in [1.82, 2.24) is 5.32 Å². The zero-order valence-corrected chi connectivity index (χ0v) is 14.0. The van der Waals surface area contributed by atoms with Crippen molar-refractivity contribution in [2.75, 3.05) is 13.2 Å². The summed E-state index contributed by atoms with van der Waals surface area (Å²) in [4.78, 5) is 11.7. The van der Waals surface area contributed by atoms with Gasteiger partial charge in [-0.2, -0.15) is 0 Å². The van der Waals surface area contributed by atoms with Gasteiger partial charge >= 0.3 is 0 Å². The number of hydrogen-bond acceptors (Lipinski definition) is 3. The van der Waals surface area contributed by atoms with E-state index in [1.54, 1.807) is 6.07 Å². The molecule has 1 atom stereocenters. The molecular weight excluding hydrogens is 378 g/mol. The third-order valence-electron chi connectivity index (χ3n) is 2.60. The lowest BCUT2D eigenvalue weighted by atomic mass is 10.1. The Morgan fingerprint density at radius 1 is 1.42 bits per heavy atom. The van der Waals surface area contributed by atoms with Crippen molar-refractivity contribution in [3.05, 3.63) is 27.1 Å². The molecule has 0 fully saturated rings. The van der Waals surface area contributed by atoms with Crippen molar-refractivity contribution in [3.8, 4) is 5.75 Å². The van der Waals surface area contributed by atoms with Crippen LogP contribution in [0.3, 0.4) is 0 Å². The molecule has 0 spiro atoms. The SMILES string of the molecule is CC(C)[C@@H](CO)NC(=O)COc1ccc(Br)cc1Br. The molecule has 1 aromatic rings. The minimum absolute atomic E-state index is 0.0780. The molecule has 19 heavy (non-hydrogen) atoms. The molecule has 0 heterocycles. The van der Waals surface area contributed by atoms with E-state index in [1.165, 1.54) is 0 Å². The van der Waals surface area contributed by atoms with Gasteiger partial charge in [0.15, 0.2) is 6.61 Å². The van der Waals surface area contributed by atoms with E-state index in [-0.39, 0.29) is 31.1 Å². The van der Waals surface area contributed by atoms with Crippen molar-refractivity contribution in [3.63, 3.8) is 0 Å². The molecule has 1 aromatic carbocycles. The largest absolute Gasteiger partial charge is 0.483 e. The van der Waals surface area contributed by atoms with Gasteiger partial charge in [-0.3, -0.25) is 4.79 Å². The number of ether oxygens (including phenoxy) is 1. The second-order valence-electron chi connectivity index (χ2n) is 4.46. The highest BCUT2D eigenvalue weighted by molar-refractivity contribution is 9.11. The molecule has 1 amide bonds. The maximum Gasteiger partial charge on any atom is 0.258 e. The van der Waals surface area contributed by atoms with Crippen molar-refractivity contribution in [2.24, 2.45) is 5.92 Å². The zero-order valence-electron chi connectivity index (χ0n) is 10.8. The summed E-state index contributed by atoms with van der Waals surface area (Å²) in [6, 6.07) is 5.21. The van der Waals surface area contributed by atoms with Crippen LogP contribution in [0.4, 0.5) is 0 Å². The maximum absolute atomic E-state index is 11.7. The number of benzene rings is 1. The molecule has 4 nitrogen and oxygen atoms in total. The smallest absolute Gasteiger partial charge is 0.258 e. The summed E-state index contributed by atoms with van der Waals surface area (Å²) in [6.07, 6.45) is 0. The van der Waals surface area contributed by atoms with Crippen molar-refractivity contribution in [2.45, 2.75) is 19.9 Å². The second-order valence-corrected chi connectivity index (χ2v) is 6.23. The van der Waals surface area contributed by atoms with Crippen LogP contribution in [-0.2, 0) is 4.79 Å². The summed E-state index contributed by atoms with van der Waals surface area (Å²) >= 11 is 6.70. The third-order valence-corrected chi connectivity index (χ3v) is 3.71. The molecule has 0 aliphatic rings. The van der Waals surface area contributed by atoms with Crippen LogP contribution in [0.5, 0.6) is 5.75 Å². The number of nitrogens with one attached hydrogen (secondary N) is 1. The second kappa shape index (κ2) is 7.87. The Balaban J connectivity index is 2.50. The molecule has 6 heteroatoms. The number of carbonyl (C=O) groups excluding carboxylic acids is 1. The highest BCUT2D eigenvalue weighted by Crippen LogP contribution is 2.28. The molecule has 2 N–H and O–H groups in total. The molecule has 1 rings (SSSR count).